The maximum Gasteiger partial charge on any atom is 0.151 e. The molecule has 0 fully saturated rings. The molecular weight excluding hydrogens is 555 g/mol. The number of hydrogen-bond acceptors (Lipinski definition) is 5. The first-order valence-electron chi connectivity index (χ1n) is 13.2. The Morgan fingerprint density at radius 1 is 0.872 bits per heavy atom. The van der Waals surface area contributed by atoms with E-state index in [9.17, 15) is 4.39 Å². The van der Waals surface area contributed by atoms with Crippen molar-refractivity contribution in [3.8, 4) is 0 Å². The lowest BCUT2D eigenvalue weighted by Crippen LogP contribution is -2.31. The summed E-state index contributed by atoms with van der Waals surface area (Å²) in [5, 5.41) is 3.47. The van der Waals surface area contributed by atoms with Gasteiger partial charge in [-0.25, -0.2) is 9.37 Å². The second-order valence-corrected chi connectivity index (χ2v) is 9.92. The van der Waals surface area contributed by atoms with E-state index in [-0.39, 0.29) is 28.8 Å². The molecule has 200 valence electrons. The van der Waals surface area contributed by atoms with Crippen LogP contribution < -0.4 is 5.32 Å². The predicted octanol–water partition coefficient (Wildman–Crippen LogP) is 6.44. The average molecular weight is 588 g/mol. The second-order valence-electron chi connectivity index (χ2n) is 9.92. The number of hydrogen-bond donors (Lipinski definition) is 2. The van der Waals surface area contributed by atoms with Crippen molar-refractivity contribution in [1.29, 1.82) is 0 Å². The minimum Gasteiger partial charge on any atom is -0.341 e. The molecule has 5 aromatic rings. The van der Waals surface area contributed by atoms with Gasteiger partial charge in [0.05, 0.1) is 29.5 Å². The molecule has 3 heterocycles. The van der Waals surface area contributed by atoms with E-state index < -0.39 is 0 Å². The number of aryl methyl sites for hydroxylation is 1. The van der Waals surface area contributed by atoms with Gasteiger partial charge in [0, 0.05) is 32.0 Å². The Balaban J connectivity index is 0.00000308. The van der Waals surface area contributed by atoms with Crippen LogP contribution in [0.15, 0.2) is 85.2 Å². The van der Waals surface area contributed by atoms with Gasteiger partial charge in [-0.3, -0.25) is 14.9 Å². The van der Waals surface area contributed by atoms with E-state index in [1.54, 1.807) is 6.07 Å². The number of pyridine rings is 2. The number of H-pyrrole nitrogens is 1. The molecule has 0 spiro atoms. The van der Waals surface area contributed by atoms with Crippen LogP contribution in [-0.2, 0) is 32.6 Å². The lowest BCUT2D eigenvalue weighted by Gasteiger charge is -2.34. The summed E-state index contributed by atoms with van der Waals surface area (Å²) in [6.45, 7) is 2.86. The van der Waals surface area contributed by atoms with Crippen molar-refractivity contribution in [1.82, 2.24) is 30.2 Å². The van der Waals surface area contributed by atoms with Crippen molar-refractivity contribution in [2.24, 2.45) is 0 Å². The molecule has 0 saturated carbocycles. The van der Waals surface area contributed by atoms with Gasteiger partial charge in [-0.05, 0) is 66.3 Å². The topological polar surface area (TPSA) is 69.7 Å². The molecule has 0 amide bonds. The van der Waals surface area contributed by atoms with E-state index in [1.807, 2.05) is 42.7 Å². The zero-order valence-corrected chi connectivity index (χ0v) is 23.4. The fraction of sp³-hybridized carbons (Fsp3) is 0.258. The normalized spacial score (nSPS) is 14.8. The molecule has 2 N–H and O–H groups in total. The Bertz CT molecular complexity index is 1510. The van der Waals surface area contributed by atoms with E-state index in [4.69, 9.17) is 4.98 Å². The standard InChI is InChI=1S/C31H31FN6.BrH/c32-26-9-4-10-27-31(26)37-29(36-27)21-38(28-11-3-6-24-7-5-17-35-30(24)28)20-23-14-12-22(13-15-23)18-33-19-25-8-1-2-16-34-25;/h1-2,4-5,7-10,12-17,28,33H,3,6,11,18-21H2,(H,36,37);1H. The number of aromatic amines is 1. The van der Waals surface area contributed by atoms with Crippen LogP contribution in [0.4, 0.5) is 4.39 Å². The SMILES string of the molecule is Br.Fc1cccc2[nH]c(CN(Cc3ccc(CNCc4ccccn4)cc3)C3CCCc4cccnc43)nc12. The molecular formula is C31H32BrFN6. The molecule has 39 heavy (non-hydrogen) atoms. The smallest absolute Gasteiger partial charge is 0.151 e. The minimum absolute atomic E-state index is 0. The Labute approximate surface area is 238 Å². The highest BCUT2D eigenvalue weighted by atomic mass is 79.9. The van der Waals surface area contributed by atoms with Gasteiger partial charge in [-0.2, -0.15) is 0 Å². The van der Waals surface area contributed by atoms with E-state index in [0.717, 1.165) is 61.6 Å². The van der Waals surface area contributed by atoms with Crippen LogP contribution in [0.1, 0.15) is 52.8 Å². The predicted molar refractivity (Wildman–Crippen MR) is 157 cm³/mol. The van der Waals surface area contributed by atoms with Gasteiger partial charge < -0.3 is 10.3 Å². The number of para-hydroxylation sites is 1. The summed E-state index contributed by atoms with van der Waals surface area (Å²) in [7, 11) is 0. The molecule has 0 radical (unpaired) electrons. The van der Waals surface area contributed by atoms with Crippen LogP contribution in [0.5, 0.6) is 0 Å². The summed E-state index contributed by atoms with van der Waals surface area (Å²) in [5.74, 6) is 0.469. The van der Waals surface area contributed by atoms with Gasteiger partial charge >= 0.3 is 0 Å². The molecule has 0 aliphatic heterocycles. The zero-order valence-electron chi connectivity index (χ0n) is 21.7. The third-order valence-corrected chi connectivity index (χ3v) is 7.24. The summed E-state index contributed by atoms with van der Waals surface area (Å²) in [5.41, 5.74) is 7.08. The minimum atomic E-state index is -0.298. The number of aromatic nitrogens is 4. The number of halogens is 2. The first-order chi connectivity index (χ1) is 18.7. The number of rotatable bonds is 9. The molecule has 1 atom stereocenters. The lowest BCUT2D eigenvalue weighted by atomic mass is 9.90. The first-order valence-corrected chi connectivity index (χ1v) is 13.2. The van der Waals surface area contributed by atoms with E-state index in [1.165, 1.54) is 22.8 Å². The molecule has 1 aliphatic rings. The van der Waals surface area contributed by atoms with Gasteiger partial charge in [-0.1, -0.05) is 42.5 Å². The third kappa shape index (κ3) is 6.41. The van der Waals surface area contributed by atoms with Gasteiger partial charge in [0.25, 0.3) is 0 Å². The summed E-state index contributed by atoms with van der Waals surface area (Å²) in [6.07, 6.45) is 6.92. The molecule has 1 aliphatic carbocycles. The average Bonchev–Trinajstić information content (AvgIpc) is 3.38. The quantitative estimate of drug-likeness (QED) is 0.208. The van der Waals surface area contributed by atoms with Crippen molar-refractivity contribution < 1.29 is 4.39 Å². The van der Waals surface area contributed by atoms with Crippen molar-refractivity contribution >= 4 is 28.0 Å². The third-order valence-electron chi connectivity index (χ3n) is 7.24. The molecule has 2 aromatic carbocycles. The van der Waals surface area contributed by atoms with Crippen LogP contribution >= 0.6 is 17.0 Å². The number of nitrogens with zero attached hydrogens (tertiary/aromatic N) is 4. The first kappa shape index (κ1) is 27.1. The van der Waals surface area contributed by atoms with E-state index >= 15 is 0 Å². The fourth-order valence-corrected chi connectivity index (χ4v) is 5.37. The fourth-order valence-electron chi connectivity index (χ4n) is 5.37. The highest BCUT2D eigenvalue weighted by Gasteiger charge is 2.28. The lowest BCUT2D eigenvalue weighted by molar-refractivity contribution is 0.153. The Morgan fingerprint density at radius 2 is 1.72 bits per heavy atom. The van der Waals surface area contributed by atoms with Crippen molar-refractivity contribution in [3.05, 3.63) is 125 Å². The van der Waals surface area contributed by atoms with Gasteiger partial charge in [0.2, 0.25) is 0 Å². The van der Waals surface area contributed by atoms with Gasteiger partial charge in [0.15, 0.2) is 5.82 Å². The summed E-state index contributed by atoms with van der Waals surface area (Å²) < 4.78 is 14.3. The second kappa shape index (κ2) is 12.6. The number of fused-ring (bicyclic) bond motifs is 2. The number of imidazole rings is 1. The van der Waals surface area contributed by atoms with Crippen molar-refractivity contribution in [2.45, 2.75) is 51.5 Å². The van der Waals surface area contributed by atoms with Crippen LogP contribution in [0.25, 0.3) is 11.0 Å². The molecule has 6 nitrogen and oxygen atoms in total. The highest BCUT2D eigenvalue weighted by molar-refractivity contribution is 8.93. The summed E-state index contributed by atoms with van der Waals surface area (Å²) >= 11 is 0. The van der Waals surface area contributed by atoms with Gasteiger partial charge in [-0.15, -0.1) is 17.0 Å². The van der Waals surface area contributed by atoms with E-state index in [2.05, 4.69) is 55.5 Å². The monoisotopic (exact) mass is 586 g/mol. The summed E-state index contributed by atoms with van der Waals surface area (Å²) in [4.78, 5) is 19.5. The van der Waals surface area contributed by atoms with Crippen LogP contribution in [0.2, 0.25) is 0 Å². The molecule has 6 rings (SSSR count). The highest BCUT2D eigenvalue weighted by Crippen LogP contribution is 2.34. The maximum atomic E-state index is 14.3. The molecule has 1 unspecified atom stereocenters. The zero-order chi connectivity index (χ0) is 25.7. The Hall–Kier alpha value is -3.46. The van der Waals surface area contributed by atoms with Crippen LogP contribution in [-0.4, -0.2) is 24.8 Å². The van der Waals surface area contributed by atoms with Crippen molar-refractivity contribution in [3.63, 3.8) is 0 Å². The number of benzene rings is 2. The van der Waals surface area contributed by atoms with Gasteiger partial charge in [0.1, 0.15) is 11.3 Å². The molecule has 0 saturated heterocycles. The summed E-state index contributed by atoms with van der Waals surface area (Å²) in [6, 6.07) is 24.2. The molecule has 8 heteroatoms. The van der Waals surface area contributed by atoms with Crippen molar-refractivity contribution in [2.75, 3.05) is 0 Å². The Kier molecular flexibility index (Phi) is 8.76. The number of nitrogens with one attached hydrogen (secondary N) is 2. The van der Waals surface area contributed by atoms with E-state index in [0.29, 0.717) is 12.1 Å². The van der Waals surface area contributed by atoms with Crippen LogP contribution in [0.3, 0.4) is 0 Å². The Morgan fingerprint density at radius 3 is 2.54 bits per heavy atom. The maximum absolute atomic E-state index is 14.3. The largest absolute Gasteiger partial charge is 0.341 e. The molecule has 3 aromatic heterocycles. The van der Waals surface area contributed by atoms with Crippen LogP contribution in [0, 0.1) is 5.82 Å². The molecule has 0 bridgehead atoms.